The van der Waals surface area contributed by atoms with Crippen molar-refractivity contribution in [3.63, 3.8) is 0 Å². The summed E-state index contributed by atoms with van der Waals surface area (Å²) in [6.45, 7) is 2.35. The summed E-state index contributed by atoms with van der Waals surface area (Å²) in [5.74, 6) is 1.04. The summed E-state index contributed by atoms with van der Waals surface area (Å²) in [7, 11) is 5.52. The van der Waals surface area contributed by atoms with E-state index in [-0.39, 0.29) is 12.5 Å². The molecule has 0 amide bonds. The van der Waals surface area contributed by atoms with Crippen molar-refractivity contribution < 1.29 is 9.53 Å². The second kappa shape index (κ2) is 6.03. The largest absolute Gasteiger partial charge is 0.465 e. The third-order valence-corrected chi connectivity index (χ3v) is 2.09. The highest BCUT2D eigenvalue weighted by atomic mass is 16.5. The van der Waals surface area contributed by atoms with Crippen LogP contribution >= 0.6 is 0 Å². The van der Waals surface area contributed by atoms with E-state index in [2.05, 4.69) is 9.97 Å². The lowest BCUT2D eigenvalue weighted by molar-refractivity contribution is -0.141. The Labute approximate surface area is 101 Å². The molecule has 0 spiro atoms. The van der Waals surface area contributed by atoms with Crippen LogP contribution in [-0.4, -0.2) is 50.2 Å². The molecular formula is C11H18N4O2. The summed E-state index contributed by atoms with van der Waals surface area (Å²) in [4.78, 5) is 23.3. The zero-order valence-corrected chi connectivity index (χ0v) is 10.7. The number of carbonyl (C=O) groups is 1. The van der Waals surface area contributed by atoms with Gasteiger partial charge in [-0.25, -0.2) is 4.98 Å². The van der Waals surface area contributed by atoms with E-state index in [9.17, 15) is 4.79 Å². The molecule has 1 rings (SSSR count). The van der Waals surface area contributed by atoms with Crippen molar-refractivity contribution in [1.29, 1.82) is 0 Å². The Bertz CT molecular complexity index is 381. The van der Waals surface area contributed by atoms with Crippen LogP contribution in [0, 0.1) is 0 Å². The Kier molecular flexibility index (Phi) is 4.68. The van der Waals surface area contributed by atoms with E-state index in [4.69, 9.17) is 4.74 Å². The lowest BCUT2D eigenvalue weighted by Crippen LogP contribution is -2.28. The van der Waals surface area contributed by atoms with E-state index in [1.807, 2.05) is 19.0 Å². The number of anilines is 2. The van der Waals surface area contributed by atoms with Gasteiger partial charge in [-0.3, -0.25) is 4.79 Å². The maximum atomic E-state index is 11.3. The molecule has 0 N–H and O–H groups in total. The zero-order valence-electron chi connectivity index (χ0n) is 10.7. The van der Waals surface area contributed by atoms with E-state index < -0.39 is 0 Å². The monoisotopic (exact) mass is 238 g/mol. The highest BCUT2D eigenvalue weighted by Crippen LogP contribution is 2.11. The number of carbonyl (C=O) groups excluding carboxylic acids is 1. The molecule has 6 heteroatoms. The Morgan fingerprint density at radius 2 is 2.12 bits per heavy atom. The molecule has 1 heterocycles. The van der Waals surface area contributed by atoms with E-state index in [0.717, 1.165) is 0 Å². The summed E-state index contributed by atoms with van der Waals surface area (Å²) in [5.41, 5.74) is 0. The number of hydrogen-bond acceptors (Lipinski definition) is 6. The van der Waals surface area contributed by atoms with Crippen LogP contribution in [0.5, 0.6) is 0 Å². The molecule has 94 valence electrons. The predicted molar refractivity (Wildman–Crippen MR) is 66.3 cm³/mol. The zero-order chi connectivity index (χ0) is 12.8. The first-order valence-corrected chi connectivity index (χ1v) is 5.41. The Balaban J connectivity index is 2.71. The van der Waals surface area contributed by atoms with Crippen molar-refractivity contribution in [2.75, 3.05) is 44.1 Å². The Hall–Kier alpha value is -1.85. The number of ether oxygens (including phenoxy) is 1. The fourth-order valence-corrected chi connectivity index (χ4v) is 1.25. The molecule has 0 aliphatic rings. The van der Waals surface area contributed by atoms with Crippen LogP contribution in [0.15, 0.2) is 12.3 Å². The van der Waals surface area contributed by atoms with Gasteiger partial charge in [-0.2, -0.15) is 4.98 Å². The van der Waals surface area contributed by atoms with Gasteiger partial charge in [0.15, 0.2) is 0 Å². The van der Waals surface area contributed by atoms with Crippen molar-refractivity contribution in [3.05, 3.63) is 12.3 Å². The van der Waals surface area contributed by atoms with Gasteiger partial charge in [0.2, 0.25) is 5.95 Å². The van der Waals surface area contributed by atoms with Crippen molar-refractivity contribution in [2.45, 2.75) is 6.92 Å². The average molecular weight is 238 g/mol. The summed E-state index contributed by atoms with van der Waals surface area (Å²) >= 11 is 0. The third-order valence-electron chi connectivity index (χ3n) is 2.09. The van der Waals surface area contributed by atoms with Gasteiger partial charge in [-0.15, -0.1) is 0 Å². The minimum atomic E-state index is -0.264. The molecule has 0 bridgehead atoms. The van der Waals surface area contributed by atoms with Crippen LogP contribution in [0.3, 0.4) is 0 Å². The molecule has 0 aliphatic carbocycles. The number of hydrogen-bond donors (Lipinski definition) is 0. The summed E-state index contributed by atoms with van der Waals surface area (Å²) in [6, 6.07) is 1.76. The lowest BCUT2D eigenvalue weighted by atomic mass is 10.5. The van der Waals surface area contributed by atoms with Crippen LogP contribution < -0.4 is 9.80 Å². The van der Waals surface area contributed by atoms with Crippen LogP contribution in [0.2, 0.25) is 0 Å². The maximum absolute atomic E-state index is 11.3. The molecule has 1 aromatic rings. The van der Waals surface area contributed by atoms with Gasteiger partial charge >= 0.3 is 5.97 Å². The molecule has 0 aromatic carbocycles. The van der Waals surface area contributed by atoms with Gasteiger partial charge in [0.1, 0.15) is 12.4 Å². The summed E-state index contributed by atoms with van der Waals surface area (Å²) in [5, 5.41) is 0. The molecule has 0 fully saturated rings. The minimum Gasteiger partial charge on any atom is -0.465 e. The van der Waals surface area contributed by atoms with E-state index in [0.29, 0.717) is 18.4 Å². The molecule has 0 saturated carbocycles. The number of nitrogens with zero attached hydrogens (tertiary/aromatic N) is 4. The highest BCUT2D eigenvalue weighted by Gasteiger charge is 2.10. The third kappa shape index (κ3) is 3.90. The second-order valence-electron chi connectivity index (χ2n) is 3.77. The number of likely N-dealkylation sites (N-methyl/N-ethyl adjacent to an activating group) is 1. The molecule has 0 saturated heterocycles. The van der Waals surface area contributed by atoms with Gasteiger partial charge < -0.3 is 14.5 Å². The first-order chi connectivity index (χ1) is 8.04. The van der Waals surface area contributed by atoms with E-state index in [1.165, 1.54) is 0 Å². The quantitative estimate of drug-likeness (QED) is 0.698. The van der Waals surface area contributed by atoms with Crippen LogP contribution in [0.25, 0.3) is 0 Å². The summed E-state index contributed by atoms with van der Waals surface area (Å²) < 4.78 is 4.88. The average Bonchev–Trinajstić information content (AvgIpc) is 2.29. The van der Waals surface area contributed by atoms with Gasteiger partial charge in [-0.05, 0) is 13.0 Å². The topological polar surface area (TPSA) is 58.6 Å². The predicted octanol–water partition coefficient (Wildman–Crippen LogP) is 0.542. The normalized spacial score (nSPS) is 9.88. The molecule has 0 radical (unpaired) electrons. The highest BCUT2D eigenvalue weighted by molar-refractivity contribution is 5.75. The fourth-order valence-electron chi connectivity index (χ4n) is 1.25. The smallest absolute Gasteiger partial charge is 0.325 e. The maximum Gasteiger partial charge on any atom is 0.325 e. The van der Waals surface area contributed by atoms with Gasteiger partial charge in [-0.1, -0.05) is 0 Å². The van der Waals surface area contributed by atoms with Crippen molar-refractivity contribution in [2.24, 2.45) is 0 Å². The van der Waals surface area contributed by atoms with E-state index >= 15 is 0 Å². The first kappa shape index (κ1) is 13.2. The van der Waals surface area contributed by atoms with Gasteiger partial charge in [0.25, 0.3) is 0 Å². The van der Waals surface area contributed by atoms with E-state index in [1.54, 1.807) is 31.1 Å². The molecule has 6 nitrogen and oxygen atoms in total. The number of rotatable bonds is 5. The van der Waals surface area contributed by atoms with Crippen LogP contribution in [-0.2, 0) is 9.53 Å². The Morgan fingerprint density at radius 3 is 2.71 bits per heavy atom. The molecule has 0 unspecified atom stereocenters. The van der Waals surface area contributed by atoms with Crippen molar-refractivity contribution in [1.82, 2.24) is 9.97 Å². The minimum absolute atomic E-state index is 0.178. The molecular weight excluding hydrogens is 220 g/mol. The molecule has 1 aromatic heterocycles. The first-order valence-electron chi connectivity index (χ1n) is 5.41. The standard InChI is InChI=1S/C11H18N4O2/c1-5-17-10(16)8-15(4)9-6-7-12-11(13-9)14(2)3/h6-7H,5,8H2,1-4H3. The molecule has 0 atom stereocenters. The van der Waals surface area contributed by atoms with Crippen molar-refractivity contribution >= 4 is 17.7 Å². The number of esters is 1. The fraction of sp³-hybridized carbons (Fsp3) is 0.545. The molecule has 0 aliphatic heterocycles. The molecule has 17 heavy (non-hydrogen) atoms. The lowest BCUT2D eigenvalue weighted by Gasteiger charge is -2.18. The van der Waals surface area contributed by atoms with Crippen LogP contribution in [0.1, 0.15) is 6.92 Å². The van der Waals surface area contributed by atoms with Crippen molar-refractivity contribution in [3.8, 4) is 0 Å². The Morgan fingerprint density at radius 1 is 1.41 bits per heavy atom. The SMILES string of the molecule is CCOC(=O)CN(C)c1ccnc(N(C)C)n1. The number of aromatic nitrogens is 2. The van der Waals surface area contributed by atoms with Gasteiger partial charge in [0.05, 0.1) is 6.61 Å². The summed E-state index contributed by atoms with van der Waals surface area (Å²) in [6.07, 6.45) is 1.67. The van der Waals surface area contributed by atoms with Crippen LogP contribution in [0.4, 0.5) is 11.8 Å². The second-order valence-corrected chi connectivity index (χ2v) is 3.77. The van der Waals surface area contributed by atoms with Gasteiger partial charge in [0, 0.05) is 27.3 Å².